The molecule has 1 aromatic rings. The molecule has 22 heavy (non-hydrogen) atoms. The van der Waals surface area contributed by atoms with Crippen molar-refractivity contribution < 1.29 is 0 Å². The summed E-state index contributed by atoms with van der Waals surface area (Å²) in [5.74, 6) is 0. The summed E-state index contributed by atoms with van der Waals surface area (Å²) in [5.41, 5.74) is 1.55. The first-order valence-corrected chi connectivity index (χ1v) is 13.1. The third-order valence-corrected chi connectivity index (χ3v) is 7.81. The molecule has 0 radical (unpaired) electrons. The average Bonchev–Trinajstić information content (AvgIpc) is 2.49. The van der Waals surface area contributed by atoms with Crippen molar-refractivity contribution in [2.75, 3.05) is 19.5 Å². The van der Waals surface area contributed by atoms with E-state index < -0.39 is 7.26 Å². The molecule has 1 heteroatoms. The van der Waals surface area contributed by atoms with E-state index >= 15 is 0 Å². The molecular weight excluding hydrogens is 283 g/mol. The van der Waals surface area contributed by atoms with Gasteiger partial charge in [-0.1, -0.05) is 0 Å². The van der Waals surface area contributed by atoms with Crippen LogP contribution in [-0.2, 0) is 6.16 Å². The van der Waals surface area contributed by atoms with Crippen LogP contribution in [-0.4, -0.2) is 19.5 Å². The fourth-order valence-electron chi connectivity index (χ4n) is 3.33. The Morgan fingerprint density at radius 1 is 0.682 bits per heavy atom. The molecule has 0 N–H and O–H groups in total. The van der Waals surface area contributed by atoms with Gasteiger partial charge in [0.25, 0.3) is 0 Å². The van der Waals surface area contributed by atoms with Crippen LogP contribution in [0.3, 0.4) is 0 Å². The van der Waals surface area contributed by atoms with E-state index in [1.54, 1.807) is 5.56 Å². The topological polar surface area (TPSA) is 0 Å². The predicted molar refractivity (Wildman–Crippen MR) is 107 cm³/mol. The normalized spacial score (nSPS) is 12.5. The molecule has 0 fully saturated rings. The quantitative estimate of drug-likeness (QED) is 0.268. The van der Waals surface area contributed by atoms with E-state index in [1.807, 2.05) is 0 Å². The molecule has 0 aliphatic heterocycles. The maximum atomic E-state index is 2.56. The molecule has 0 atom stereocenters. The van der Waals surface area contributed by atoms with Gasteiger partial charge < -0.3 is 0 Å². The second-order valence-corrected chi connectivity index (χ2v) is 12.9. The fourth-order valence-corrected chi connectivity index (χ4v) is 6.05. The zero-order chi connectivity index (χ0) is 16.1. The molecule has 0 aliphatic rings. The van der Waals surface area contributed by atoms with Crippen LogP contribution in [0.25, 0.3) is 0 Å². The van der Waals surface area contributed by atoms with Crippen LogP contribution < -0.4 is 0 Å². The Morgan fingerprint density at radius 2 is 1.18 bits per heavy atom. The van der Waals surface area contributed by atoms with E-state index in [4.69, 9.17) is 0 Å². The Labute approximate surface area is 140 Å². The minimum absolute atomic E-state index is 1.03. The molecule has 0 aliphatic carbocycles. The molecule has 0 saturated heterocycles. The van der Waals surface area contributed by atoms with Gasteiger partial charge in [-0.05, 0) is 0 Å². The number of hydrogen-bond donors (Lipinski definition) is 0. The number of benzene rings is 1. The number of unbranched alkanes of at least 4 members (excludes halogenated alkanes) is 9. The third-order valence-electron chi connectivity index (χ3n) is 4.73. The zero-order valence-corrected chi connectivity index (χ0v) is 16.4. The van der Waals surface area contributed by atoms with Gasteiger partial charge in [-0.15, -0.1) is 0 Å². The van der Waals surface area contributed by atoms with E-state index in [-0.39, 0.29) is 0 Å². The Bertz CT molecular complexity index is 355. The van der Waals surface area contributed by atoms with Crippen LogP contribution in [0.1, 0.15) is 76.7 Å². The van der Waals surface area contributed by atoms with Crippen LogP contribution in [0, 0.1) is 0 Å². The Balaban J connectivity index is 1.99. The summed E-state index contributed by atoms with van der Waals surface area (Å²) in [6.45, 7) is 7.42. The molecular formula is C21H39P. The maximum absolute atomic E-state index is 2.56. The van der Waals surface area contributed by atoms with Crippen LogP contribution in [0.5, 0.6) is 0 Å². The molecule has 0 nitrogen and oxygen atoms in total. The van der Waals surface area contributed by atoms with E-state index in [0.29, 0.717) is 0 Å². The molecule has 0 aromatic heterocycles. The summed E-state index contributed by atoms with van der Waals surface area (Å²) < 4.78 is 0. The van der Waals surface area contributed by atoms with Crippen molar-refractivity contribution in [3.05, 3.63) is 35.9 Å². The minimum atomic E-state index is -1.03. The molecule has 0 saturated carbocycles. The van der Waals surface area contributed by atoms with E-state index in [0.717, 1.165) is 0 Å². The summed E-state index contributed by atoms with van der Waals surface area (Å²) in [4.78, 5) is 0. The van der Waals surface area contributed by atoms with Crippen LogP contribution in [0.15, 0.2) is 30.3 Å². The summed E-state index contributed by atoms with van der Waals surface area (Å²) in [6.07, 6.45) is 17.3. The molecule has 1 rings (SSSR count). The van der Waals surface area contributed by atoms with Gasteiger partial charge in [0.2, 0.25) is 0 Å². The van der Waals surface area contributed by atoms with Gasteiger partial charge in [-0.2, -0.15) is 0 Å². The second-order valence-electron chi connectivity index (χ2n) is 7.76. The van der Waals surface area contributed by atoms with Crippen molar-refractivity contribution in [2.45, 2.75) is 77.3 Å². The first kappa shape index (κ1) is 19.7. The molecule has 0 heterocycles. The van der Waals surface area contributed by atoms with E-state index in [9.17, 15) is 0 Å². The zero-order valence-electron chi connectivity index (χ0n) is 15.4. The van der Waals surface area contributed by atoms with Crippen molar-refractivity contribution in [2.24, 2.45) is 0 Å². The number of rotatable bonds is 13. The van der Waals surface area contributed by atoms with Gasteiger partial charge in [-0.25, -0.2) is 0 Å². The SMILES string of the molecule is CCCCCCCCCCCC[PH](C)(C)Cc1ccccc1. The van der Waals surface area contributed by atoms with Crippen molar-refractivity contribution in [3.8, 4) is 0 Å². The summed E-state index contributed by atoms with van der Waals surface area (Å²) >= 11 is 0. The summed E-state index contributed by atoms with van der Waals surface area (Å²) in [7, 11) is -1.03. The van der Waals surface area contributed by atoms with Crippen molar-refractivity contribution in [3.63, 3.8) is 0 Å². The van der Waals surface area contributed by atoms with Gasteiger partial charge in [-0.3, -0.25) is 0 Å². The van der Waals surface area contributed by atoms with Crippen molar-refractivity contribution in [1.29, 1.82) is 0 Å². The Hall–Kier alpha value is -0.350. The summed E-state index contributed by atoms with van der Waals surface area (Å²) in [6, 6.07) is 11.1. The monoisotopic (exact) mass is 322 g/mol. The third kappa shape index (κ3) is 10.4. The van der Waals surface area contributed by atoms with Crippen molar-refractivity contribution >= 4 is 7.26 Å². The van der Waals surface area contributed by atoms with Gasteiger partial charge in [0.15, 0.2) is 0 Å². The van der Waals surface area contributed by atoms with Gasteiger partial charge in [0.05, 0.1) is 0 Å². The number of hydrogen-bond acceptors (Lipinski definition) is 0. The molecule has 0 amide bonds. The van der Waals surface area contributed by atoms with Crippen LogP contribution >= 0.6 is 7.26 Å². The first-order valence-electron chi connectivity index (χ1n) is 9.68. The van der Waals surface area contributed by atoms with Gasteiger partial charge >= 0.3 is 140 Å². The van der Waals surface area contributed by atoms with Crippen molar-refractivity contribution in [1.82, 2.24) is 0 Å². The molecule has 0 spiro atoms. The van der Waals surface area contributed by atoms with E-state index in [2.05, 4.69) is 50.6 Å². The van der Waals surface area contributed by atoms with Crippen LogP contribution in [0.4, 0.5) is 0 Å². The molecule has 128 valence electrons. The second kappa shape index (κ2) is 12.1. The average molecular weight is 323 g/mol. The van der Waals surface area contributed by atoms with E-state index in [1.165, 1.54) is 76.5 Å². The van der Waals surface area contributed by atoms with Gasteiger partial charge in [0, 0.05) is 0 Å². The predicted octanol–water partition coefficient (Wildman–Crippen LogP) is 7.12. The van der Waals surface area contributed by atoms with Crippen LogP contribution in [0.2, 0.25) is 0 Å². The fraction of sp³-hybridized carbons (Fsp3) is 0.714. The summed E-state index contributed by atoms with van der Waals surface area (Å²) in [5, 5.41) is 0. The first-order chi connectivity index (χ1) is 10.6. The Kier molecular flexibility index (Phi) is 10.9. The Morgan fingerprint density at radius 3 is 1.73 bits per heavy atom. The molecule has 1 aromatic carbocycles. The standard InChI is InChI=1S/C21H39P/c1-4-5-6-7-8-9-10-11-12-16-19-22(2,3)20-21-17-14-13-15-18-21/h13-15,17-18,22H,4-12,16,19-20H2,1-3H3. The molecule has 0 bridgehead atoms. The molecule has 0 unspecified atom stereocenters. The van der Waals surface area contributed by atoms with Gasteiger partial charge in [0.1, 0.15) is 0 Å².